The lowest BCUT2D eigenvalue weighted by molar-refractivity contribution is 0.426. The third kappa shape index (κ3) is 1.89. The van der Waals surface area contributed by atoms with E-state index in [0.29, 0.717) is 11.1 Å². The summed E-state index contributed by atoms with van der Waals surface area (Å²) in [6.07, 6.45) is 7.89. The number of rotatable bonds is 1. The average molecular weight is 251 g/mol. The number of imidazole rings is 1. The first-order chi connectivity index (χ1) is 8.25. The Hall–Kier alpha value is -1.22. The SMILES string of the molecule is Oc1ccc2c(Cl)nc(C3CCCCC3)n2c1. The minimum atomic E-state index is 0.253. The highest BCUT2D eigenvalue weighted by molar-refractivity contribution is 6.32. The fourth-order valence-electron chi connectivity index (χ4n) is 2.71. The fraction of sp³-hybridized carbons (Fsp3) is 0.462. The van der Waals surface area contributed by atoms with Crippen molar-refractivity contribution in [1.29, 1.82) is 0 Å². The van der Waals surface area contributed by atoms with Crippen LogP contribution >= 0.6 is 11.6 Å². The molecule has 0 radical (unpaired) electrons. The van der Waals surface area contributed by atoms with Crippen molar-refractivity contribution in [3.8, 4) is 5.75 Å². The zero-order chi connectivity index (χ0) is 11.8. The molecular formula is C13H15ClN2O. The van der Waals surface area contributed by atoms with Gasteiger partial charge in [-0.3, -0.25) is 4.40 Å². The van der Waals surface area contributed by atoms with Crippen molar-refractivity contribution < 1.29 is 5.11 Å². The van der Waals surface area contributed by atoms with Crippen molar-refractivity contribution in [2.75, 3.05) is 0 Å². The molecule has 0 aromatic carbocycles. The quantitative estimate of drug-likeness (QED) is 0.837. The summed E-state index contributed by atoms with van der Waals surface area (Å²) in [5.41, 5.74) is 0.880. The van der Waals surface area contributed by atoms with Crippen molar-refractivity contribution in [3.05, 3.63) is 29.3 Å². The van der Waals surface area contributed by atoms with Gasteiger partial charge < -0.3 is 5.11 Å². The molecule has 2 heterocycles. The van der Waals surface area contributed by atoms with Crippen molar-refractivity contribution in [1.82, 2.24) is 9.38 Å². The van der Waals surface area contributed by atoms with E-state index in [0.717, 1.165) is 11.3 Å². The van der Waals surface area contributed by atoms with Gasteiger partial charge in [-0.1, -0.05) is 30.9 Å². The summed E-state index contributed by atoms with van der Waals surface area (Å²) in [6, 6.07) is 3.46. The number of halogens is 1. The van der Waals surface area contributed by atoms with Gasteiger partial charge >= 0.3 is 0 Å². The number of fused-ring (bicyclic) bond motifs is 1. The maximum atomic E-state index is 9.57. The predicted octanol–water partition coefficient (Wildman–Crippen LogP) is 3.74. The van der Waals surface area contributed by atoms with Gasteiger partial charge in [0.1, 0.15) is 11.6 Å². The minimum Gasteiger partial charge on any atom is -0.506 e. The van der Waals surface area contributed by atoms with Gasteiger partial charge in [0.2, 0.25) is 0 Å². The number of aromatic hydroxyl groups is 1. The zero-order valence-corrected chi connectivity index (χ0v) is 10.3. The molecular weight excluding hydrogens is 236 g/mol. The fourth-order valence-corrected chi connectivity index (χ4v) is 2.95. The van der Waals surface area contributed by atoms with Crippen LogP contribution in [0.15, 0.2) is 18.3 Å². The van der Waals surface area contributed by atoms with Gasteiger partial charge in [0.15, 0.2) is 5.15 Å². The molecule has 0 unspecified atom stereocenters. The Kier molecular flexibility index (Phi) is 2.71. The highest BCUT2D eigenvalue weighted by Crippen LogP contribution is 2.34. The molecule has 1 aliphatic rings. The maximum absolute atomic E-state index is 9.57. The zero-order valence-electron chi connectivity index (χ0n) is 9.56. The smallest absolute Gasteiger partial charge is 0.155 e. The molecule has 0 spiro atoms. The minimum absolute atomic E-state index is 0.253. The van der Waals surface area contributed by atoms with Crippen LogP contribution in [0.3, 0.4) is 0 Å². The van der Waals surface area contributed by atoms with E-state index in [-0.39, 0.29) is 5.75 Å². The van der Waals surface area contributed by atoms with E-state index >= 15 is 0 Å². The molecule has 2 aromatic rings. The van der Waals surface area contributed by atoms with Crippen LogP contribution in [0.25, 0.3) is 5.52 Å². The van der Waals surface area contributed by atoms with E-state index in [1.165, 1.54) is 32.1 Å². The van der Waals surface area contributed by atoms with Gasteiger partial charge in [-0.2, -0.15) is 0 Å². The predicted molar refractivity (Wildman–Crippen MR) is 67.7 cm³/mol. The molecule has 0 amide bonds. The van der Waals surface area contributed by atoms with Crippen LogP contribution in [-0.4, -0.2) is 14.5 Å². The van der Waals surface area contributed by atoms with Gasteiger partial charge in [-0.15, -0.1) is 0 Å². The van der Waals surface area contributed by atoms with E-state index < -0.39 is 0 Å². The summed E-state index contributed by atoms with van der Waals surface area (Å²) in [4.78, 5) is 4.47. The lowest BCUT2D eigenvalue weighted by atomic mass is 9.89. The van der Waals surface area contributed by atoms with Crippen LogP contribution in [0, 0.1) is 0 Å². The summed E-state index contributed by atoms with van der Waals surface area (Å²) in [6.45, 7) is 0. The van der Waals surface area contributed by atoms with Crippen LogP contribution in [0.1, 0.15) is 43.8 Å². The molecule has 0 aliphatic heterocycles. The van der Waals surface area contributed by atoms with E-state index in [1.54, 1.807) is 12.3 Å². The number of nitrogens with zero attached hydrogens (tertiary/aromatic N) is 2. The second-order valence-corrected chi connectivity index (χ2v) is 5.10. The summed E-state index contributed by atoms with van der Waals surface area (Å²) in [7, 11) is 0. The molecule has 3 nitrogen and oxygen atoms in total. The van der Waals surface area contributed by atoms with E-state index in [4.69, 9.17) is 11.6 Å². The maximum Gasteiger partial charge on any atom is 0.155 e. The molecule has 17 heavy (non-hydrogen) atoms. The van der Waals surface area contributed by atoms with E-state index in [9.17, 15) is 5.11 Å². The van der Waals surface area contributed by atoms with Gasteiger partial charge in [-0.05, 0) is 25.0 Å². The van der Waals surface area contributed by atoms with E-state index in [1.807, 2.05) is 10.5 Å². The molecule has 4 heteroatoms. The largest absolute Gasteiger partial charge is 0.506 e. The van der Waals surface area contributed by atoms with Crippen molar-refractivity contribution >= 4 is 17.1 Å². The Morgan fingerprint density at radius 1 is 1.24 bits per heavy atom. The van der Waals surface area contributed by atoms with Crippen LogP contribution < -0.4 is 0 Å². The number of aromatic nitrogens is 2. The highest BCUT2D eigenvalue weighted by Gasteiger charge is 2.21. The van der Waals surface area contributed by atoms with Crippen LogP contribution in [-0.2, 0) is 0 Å². The van der Waals surface area contributed by atoms with Gasteiger partial charge in [-0.25, -0.2) is 4.98 Å². The third-order valence-electron chi connectivity index (χ3n) is 3.57. The molecule has 1 saturated carbocycles. The number of pyridine rings is 1. The Bertz CT molecular complexity index is 544. The standard InChI is InChI=1S/C13H15ClN2O/c14-12-11-7-6-10(17)8-16(11)13(15-12)9-4-2-1-3-5-9/h6-9,17H,1-5H2. The van der Waals surface area contributed by atoms with E-state index in [2.05, 4.69) is 4.98 Å². The molecule has 3 rings (SSSR count). The lowest BCUT2D eigenvalue weighted by Gasteiger charge is -2.20. The monoisotopic (exact) mass is 250 g/mol. The van der Waals surface area contributed by atoms with Crippen molar-refractivity contribution in [2.45, 2.75) is 38.0 Å². The third-order valence-corrected chi connectivity index (χ3v) is 3.85. The van der Waals surface area contributed by atoms with Gasteiger partial charge in [0.05, 0.1) is 11.7 Å². The number of hydrogen-bond acceptors (Lipinski definition) is 2. The first-order valence-electron chi connectivity index (χ1n) is 6.12. The van der Waals surface area contributed by atoms with Crippen LogP contribution in [0.2, 0.25) is 5.15 Å². The Balaban J connectivity index is 2.11. The molecule has 2 aromatic heterocycles. The second kappa shape index (κ2) is 4.22. The molecule has 0 saturated heterocycles. The van der Waals surface area contributed by atoms with Crippen molar-refractivity contribution in [3.63, 3.8) is 0 Å². The van der Waals surface area contributed by atoms with Gasteiger partial charge in [0.25, 0.3) is 0 Å². The first kappa shape index (κ1) is 10.9. The Morgan fingerprint density at radius 2 is 2.00 bits per heavy atom. The molecule has 1 fully saturated rings. The second-order valence-electron chi connectivity index (χ2n) is 4.74. The summed E-state index contributed by atoms with van der Waals surface area (Å²) < 4.78 is 1.94. The first-order valence-corrected chi connectivity index (χ1v) is 6.50. The number of hydrogen-bond donors (Lipinski definition) is 1. The van der Waals surface area contributed by atoms with Crippen LogP contribution in [0.5, 0.6) is 5.75 Å². The topological polar surface area (TPSA) is 37.5 Å². The summed E-state index contributed by atoms with van der Waals surface area (Å²) in [5.74, 6) is 1.73. The molecule has 1 aliphatic carbocycles. The molecule has 90 valence electrons. The highest BCUT2D eigenvalue weighted by atomic mass is 35.5. The van der Waals surface area contributed by atoms with Crippen LogP contribution in [0.4, 0.5) is 0 Å². The molecule has 1 N–H and O–H groups in total. The van der Waals surface area contributed by atoms with Gasteiger partial charge in [0, 0.05) is 5.92 Å². The average Bonchev–Trinajstić information content (AvgIpc) is 2.67. The summed E-state index contributed by atoms with van der Waals surface area (Å²) in [5, 5.41) is 10.1. The summed E-state index contributed by atoms with van der Waals surface area (Å²) >= 11 is 6.14. The Labute approximate surface area is 105 Å². The van der Waals surface area contributed by atoms with Crippen molar-refractivity contribution in [2.24, 2.45) is 0 Å². The Morgan fingerprint density at radius 3 is 2.76 bits per heavy atom. The normalized spacial score (nSPS) is 17.7. The molecule has 0 atom stereocenters. The lowest BCUT2D eigenvalue weighted by Crippen LogP contribution is -2.08. The molecule has 0 bridgehead atoms.